The van der Waals surface area contributed by atoms with Crippen LogP contribution in [0.2, 0.25) is 0 Å². The predicted octanol–water partition coefficient (Wildman–Crippen LogP) is -0.326. The highest BCUT2D eigenvalue weighted by molar-refractivity contribution is 5.79. The summed E-state index contributed by atoms with van der Waals surface area (Å²) in [5.74, 6) is 5.90. The molecule has 2 heterocycles. The van der Waals surface area contributed by atoms with E-state index in [1.54, 1.807) is 11.1 Å². The van der Waals surface area contributed by atoms with E-state index in [9.17, 15) is 9.59 Å². The summed E-state index contributed by atoms with van der Waals surface area (Å²) in [4.78, 5) is 29.7. The fourth-order valence-corrected chi connectivity index (χ4v) is 2.55. The Morgan fingerprint density at radius 1 is 1.45 bits per heavy atom. The Morgan fingerprint density at radius 2 is 2.15 bits per heavy atom. The number of aryl methyl sites for hydroxylation is 1. The van der Waals surface area contributed by atoms with Crippen molar-refractivity contribution < 1.29 is 9.59 Å². The van der Waals surface area contributed by atoms with Crippen molar-refractivity contribution in [3.05, 3.63) is 18.2 Å². The van der Waals surface area contributed by atoms with Crippen molar-refractivity contribution in [1.82, 2.24) is 19.9 Å². The van der Waals surface area contributed by atoms with Crippen LogP contribution in [0.5, 0.6) is 0 Å². The Kier molecular flexibility index (Phi) is 4.73. The van der Waals surface area contributed by atoms with Gasteiger partial charge in [-0.25, -0.2) is 10.8 Å². The van der Waals surface area contributed by atoms with Crippen LogP contribution in [0.25, 0.3) is 0 Å². The number of imidazole rings is 1. The molecule has 1 aromatic rings. The first-order valence-corrected chi connectivity index (χ1v) is 6.94. The van der Waals surface area contributed by atoms with Crippen LogP contribution >= 0.6 is 0 Å². The molecule has 1 saturated heterocycles. The molecule has 7 heteroatoms. The normalized spacial score (nSPS) is 16.2. The molecule has 0 aromatic carbocycles. The van der Waals surface area contributed by atoms with E-state index in [0.29, 0.717) is 32.5 Å². The third-order valence-corrected chi connectivity index (χ3v) is 3.78. The maximum absolute atomic E-state index is 12.2. The minimum absolute atomic E-state index is 0.0734. The van der Waals surface area contributed by atoms with Crippen LogP contribution in [0.15, 0.2) is 12.4 Å². The molecular formula is C13H21N5O2. The highest BCUT2D eigenvalue weighted by Crippen LogP contribution is 2.17. The number of nitrogens with one attached hydrogen (secondary N) is 1. The molecule has 1 aromatic heterocycles. The number of rotatable bonds is 4. The Labute approximate surface area is 118 Å². The maximum atomic E-state index is 12.2. The van der Waals surface area contributed by atoms with E-state index < -0.39 is 0 Å². The van der Waals surface area contributed by atoms with Gasteiger partial charge in [0.1, 0.15) is 12.4 Å². The first-order valence-electron chi connectivity index (χ1n) is 6.94. The van der Waals surface area contributed by atoms with Gasteiger partial charge in [-0.1, -0.05) is 6.92 Å². The van der Waals surface area contributed by atoms with Gasteiger partial charge in [-0.15, -0.1) is 0 Å². The molecule has 20 heavy (non-hydrogen) atoms. The number of nitrogens with zero attached hydrogens (tertiary/aromatic N) is 3. The van der Waals surface area contributed by atoms with Crippen molar-refractivity contribution in [1.29, 1.82) is 0 Å². The summed E-state index contributed by atoms with van der Waals surface area (Å²) in [6.07, 6.45) is 5.67. The lowest BCUT2D eigenvalue weighted by Crippen LogP contribution is -2.45. The molecule has 1 aliphatic rings. The monoisotopic (exact) mass is 279 g/mol. The molecule has 2 rings (SSSR count). The standard InChI is InChI=1S/C13H21N5O2/c1-2-11-15-5-8-18(11)9-12(19)17-6-3-10(4-7-17)13(20)16-14/h5,8,10H,2-4,6-7,9,14H2,1H3,(H,16,20). The fourth-order valence-electron chi connectivity index (χ4n) is 2.55. The van der Waals surface area contributed by atoms with Crippen molar-refractivity contribution in [2.75, 3.05) is 13.1 Å². The van der Waals surface area contributed by atoms with Crippen LogP contribution in [0, 0.1) is 5.92 Å². The van der Waals surface area contributed by atoms with Gasteiger partial charge in [0.05, 0.1) is 0 Å². The lowest BCUT2D eigenvalue weighted by atomic mass is 9.96. The zero-order chi connectivity index (χ0) is 14.5. The van der Waals surface area contributed by atoms with E-state index in [2.05, 4.69) is 10.4 Å². The molecule has 1 aliphatic heterocycles. The summed E-state index contributed by atoms with van der Waals surface area (Å²) in [6, 6.07) is 0. The summed E-state index contributed by atoms with van der Waals surface area (Å²) in [5.41, 5.74) is 2.18. The Morgan fingerprint density at radius 3 is 2.75 bits per heavy atom. The number of nitrogens with two attached hydrogens (primary N) is 1. The van der Waals surface area contributed by atoms with Gasteiger partial charge in [0.15, 0.2) is 0 Å². The van der Waals surface area contributed by atoms with E-state index in [1.165, 1.54) is 0 Å². The Hall–Kier alpha value is -1.89. The van der Waals surface area contributed by atoms with E-state index in [1.807, 2.05) is 17.7 Å². The summed E-state index contributed by atoms with van der Waals surface area (Å²) in [6.45, 7) is 3.54. The SMILES string of the molecule is CCc1nccn1CC(=O)N1CCC(C(=O)NN)CC1. The highest BCUT2D eigenvalue weighted by atomic mass is 16.2. The second kappa shape index (κ2) is 6.51. The second-order valence-corrected chi connectivity index (χ2v) is 4.99. The molecule has 0 atom stereocenters. The van der Waals surface area contributed by atoms with E-state index in [0.717, 1.165) is 12.2 Å². The van der Waals surface area contributed by atoms with Gasteiger partial charge < -0.3 is 9.47 Å². The van der Waals surface area contributed by atoms with Gasteiger partial charge in [-0.3, -0.25) is 15.0 Å². The molecule has 0 saturated carbocycles. The molecule has 0 radical (unpaired) electrons. The number of piperidine rings is 1. The highest BCUT2D eigenvalue weighted by Gasteiger charge is 2.26. The topological polar surface area (TPSA) is 93.2 Å². The minimum atomic E-state index is -0.139. The third kappa shape index (κ3) is 3.16. The number of amides is 2. The van der Waals surface area contributed by atoms with Crippen molar-refractivity contribution in [2.45, 2.75) is 32.7 Å². The van der Waals surface area contributed by atoms with Crippen molar-refractivity contribution >= 4 is 11.8 Å². The number of hydrazine groups is 1. The van der Waals surface area contributed by atoms with Crippen molar-refractivity contribution in [3.63, 3.8) is 0 Å². The number of carbonyl (C=O) groups is 2. The molecule has 3 N–H and O–H groups in total. The van der Waals surface area contributed by atoms with Gasteiger partial charge in [-0.2, -0.15) is 0 Å². The lowest BCUT2D eigenvalue weighted by Gasteiger charge is -2.31. The molecule has 0 bridgehead atoms. The van der Waals surface area contributed by atoms with Crippen LogP contribution in [-0.4, -0.2) is 39.4 Å². The molecule has 0 aliphatic carbocycles. The number of likely N-dealkylation sites (tertiary alicyclic amines) is 1. The van der Waals surface area contributed by atoms with Crippen LogP contribution < -0.4 is 11.3 Å². The average Bonchev–Trinajstić information content (AvgIpc) is 2.93. The second-order valence-electron chi connectivity index (χ2n) is 4.99. The molecule has 1 fully saturated rings. The van der Waals surface area contributed by atoms with Gasteiger partial charge in [-0.05, 0) is 12.8 Å². The van der Waals surface area contributed by atoms with Crippen LogP contribution in [0.4, 0.5) is 0 Å². The van der Waals surface area contributed by atoms with Gasteiger partial charge in [0.25, 0.3) is 0 Å². The molecule has 0 spiro atoms. The summed E-state index contributed by atoms with van der Waals surface area (Å²) in [5, 5.41) is 0. The molecule has 7 nitrogen and oxygen atoms in total. The summed E-state index contributed by atoms with van der Waals surface area (Å²) in [7, 11) is 0. The van der Waals surface area contributed by atoms with E-state index >= 15 is 0 Å². The zero-order valence-electron chi connectivity index (χ0n) is 11.7. The largest absolute Gasteiger partial charge is 0.341 e. The first kappa shape index (κ1) is 14.5. The Balaban J connectivity index is 1.87. The van der Waals surface area contributed by atoms with Gasteiger partial charge in [0.2, 0.25) is 11.8 Å². The van der Waals surface area contributed by atoms with Gasteiger partial charge in [0, 0.05) is 37.8 Å². The van der Waals surface area contributed by atoms with Crippen LogP contribution in [0.1, 0.15) is 25.6 Å². The van der Waals surface area contributed by atoms with Gasteiger partial charge >= 0.3 is 0 Å². The summed E-state index contributed by atoms with van der Waals surface area (Å²) >= 11 is 0. The third-order valence-electron chi connectivity index (χ3n) is 3.78. The lowest BCUT2D eigenvalue weighted by molar-refractivity contribution is -0.136. The quantitative estimate of drug-likeness (QED) is 0.448. The number of aromatic nitrogens is 2. The molecule has 0 unspecified atom stereocenters. The van der Waals surface area contributed by atoms with Crippen molar-refractivity contribution in [3.8, 4) is 0 Å². The van der Waals surface area contributed by atoms with E-state index in [-0.39, 0.29) is 17.7 Å². The van der Waals surface area contributed by atoms with E-state index in [4.69, 9.17) is 5.84 Å². The zero-order valence-corrected chi connectivity index (χ0v) is 11.7. The first-order chi connectivity index (χ1) is 9.65. The van der Waals surface area contributed by atoms with Crippen LogP contribution in [-0.2, 0) is 22.6 Å². The fraction of sp³-hybridized carbons (Fsp3) is 0.615. The molecule has 2 amide bonds. The van der Waals surface area contributed by atoms with Crippen molar-refractivity contribution in [2.24, 2.45) is 11.8 Å². The smallest absolute Gasteiger partial charge is 0.242 e. The molecular weight excluding hydrogens is 258 g/mol. The average molecular weight is 279 g/mol. The summed E-state index contributed by atoms with van der Waals surface area (Å²) < 4.78 is 1.88. The number of hydrogen-bond donors (Lipinski definition) is 2. The molecule has 110 valence electrons. The van der Waals surface area contributed by atoms with Crippen LogP contribution in [0.3, 0.4) is 0 Å². The number of carbonyl (C=O) groups excluding carboxylic acids is 2. The number of hydrogen-bond acceptors (Lipinski definition) is 4. The Bertz CT molecular complexity index is 477. The minimum Gasteiger partial charge on any atom is -0.341 e. The predicted molar refractivity (Wildman–Crippen MR) is 73.2 cm³/mol. The maximum Gasteiger partial charge on any atom is 0.242 e.